The standard InChI is InChI=1S/C16H27NOS/c1-4-16(18,12-17)6-5-7-19-11-15-9-13(2)8-14(3)10-15/h8-10,18H,4-7,11-12,17H2,1-3H3. The molecule has 0 aliphatic rings. The minimum absolute atomic E-state index is 0.366. The highest BCUT2D eigenvalue weighted by Gasteiger charge is 2.21. The second kappa shape index (κ2) is 7.93. The molecule has 0 amide bonds. The second-order valence-corrected chi connectivity index (χ2v) is 6.54. The van der Waals surface area contributed by atoms with Crippen molar-refractivity contribution < 1.29 is 5.11 Å². The lowest BCUT2D eigenvalue weighted by atomic mass is 9.95. The van der Waals surface area contributed by atoms with E-state index in [2.05, 4.69) is 32.0 Å². The fraction of sp³-hybridized carbons (Fsp3) is 0.625. The summed E-state index contributed by atoms with van der Waals surface area (Å²) in [6, 6.07) is 6.71. The maximum Gasteiger partial charge on any atom is 0.0767 e. The molecule has 1 atom stereocenters. The third-order valence-corrected chi connectivity index (χ3v) is 4.63. The minimum Gasteiger partial charge on any atom is -0.389 e. The molecule has 0 saturated carbocycles. The number of hydrogen-bond donors (Lipinski definition) is 2. The molecule has 1 aromatic carbocycles. The molecule has 1 rings (SSSR count). The summed E-state index contributed by atoms with van der Waals surface area (Å²) in [7, 11) is 0. The van der Waals surface area contributed by atoms with Crippen molar-refractivity contribution in [3.63, 3.8) is 0 Å². The first-order valence-electron chi connectivity index (χ1n) is 7.06. The van der Waals surface area contributed by atoms with E-state index < -0.39 is 5.60 Å². The van der Waals surface area contributed by atoms with E-state index in [-0.39, 0.29) is 0 Å². The lowest BCUT2D eigenvalue weighted by molar-refractivity contribution is 0.0360. The second-order valence-electron chi connectivity index (χ2n) is 5.43. The smallest absolute Gasteiger partial charge is 0.0767 e. The van der Waals surface area contributed by atoms with E-state index in [1.165, 1.54) is 16.7 Å². The number of aliphatic hydroxyl groups is 1. The number of aryl methyl sites for hydroxylation is 2. The maximum atomic E-state index is 10.1. The molecular formula is C16H27NOS. The van der Waals surface area contributed by atoms with Crippen molar-refractivity contribution in [2.45, 2.75) is 51.4 Å². The predicted octanol–water partition coefficient (Wildman–Crippen LogP) is 3.42. The Kier molecular flexibility index (Phi) is 6.90. The number of benzene rings is 1. The van der Waals surface area contributed by atoms with Gasteiger partial charge in [-0.25, -0.2) is 0 Å². The Hall–Kier alpha value is -0.510. The lowest BCUT2D eigenvalue weighted by Gasteiger charge is -2.24. The molecule has 0 aliphatic carbocycles. The van der Waals surface area contributed by atoms with Crippen LogP contribution in [-0.2, 0) is 5.75 Å². The molecule has 0 spiro atoms. The SMILES string of the molecule is CCC(O)(CN)CCCSCc1cc(C)cc(C)c1. The molecular weight excluding hydrogens is 254 g/mol. The monoisotopic (exact) mass is 281 g/mol. The molecule has 1 aromatic rings. The van der Waals surface area contributed by atoms with E-state index in [0.717, 1.165) is 30.8 Å². The Morgan fingerprint density at radius 1 is 1.21 bits per heavy atom. The van der Waals surface area contributed by atoms with E-state index >= 15 is 0 Å². The van der Waals surface area contributed by atoms with Crippen LogP contribution >= 0.6 is 11.8 Å². The van der Waals surface area contributed by atoms with Crippen molar-refractivity contribution in [2.24, 2.45) is 5.73 Å². The average molecular weight is 281 g/mol. The molecule has 0 radical (unpaired) electrons. The third-order valence-electron chi connectivity index (χ3n) is 3.52. The topological polar surface area (TPSA) is 46.2 Å². The fourth-order valence-corrected chi connectivity index (χ4v) is 3.16. The van der Waals surface area contributed by atoms with Crippen LogP contribution in [0.1, 0.15) is 42.9 Å². The van der Waals surface area contributed by atoms with Gasteiger partial charge in [-0.3, -0.25) is 0 Å². The van der Waals surface area contributed by atoms with Crippen LogP contribution in [0.25, 0.3) is 0 Å². The van der Waals surface area contributed by atoms with Crippen LogP contribution < -0.4 is 5.73 Å². The van der Waals surface area contributed by atoms with Gasteiger partial charge in [-0.2, -0.15) is 11.8 Å². The lowest BCUT2D eigenvalue weighted by Crippen LogP contribution is -2.36. The molecule has 0 aliphatic heterocycles. The highest BCUT2D eigenvalue weighted by Crippen LogP contribution is 2.20. The van der Waals surface area contributed by atoms with Crippen LogP contribution in [-0.4, -0.2) is 23.0 Å². The van der Waals surface area contributed by atoms with Gasteiger partial charge in [0.2, 0.25) is 0 Å². The summed E-state index contributed by atoms with van der Waals surface area (Å²) in [5, 5.41) is 10.1. The summed E-state index contributed by atoms with van der Waals surface area (Å²) in [6.45, 7) is 6.65. The largest absolute Gasteiger partial charge is 0.389 e. The number of nitrogens with two attached hydrogens (primary N) is 1. The molecule has 0 saturated heterocycles. The summed E-state index contributed by atoms with van der Waals surface area (Å²) < 4.78 is 0. The molecule has 19 heavy (non-hydrogen) atoms. The van der Waals surface area contributed by atoms with Crippen LogP contribution in [0.2, 0.25) is 0 Å². The number of rotatable bonds is 8. The zero-order valence-electron chi connectivity index (χ0n) is 12.4. The number of hydrogen-bond acceptors (Lipinski definition) is 3. The van der Waals surface area contributed by atoms with Gasteiger partial charge in [0.25, 0.3) is 0 Å². The van der Waals surface area contributed by atoms with Gasteiger partial charge < -0.3 is 10.8 Å². The van der Waals surface area contributed by atoms with Gasteiger partial charge in [0.05, 0.1) is 5.60 Å². The van der Waals surface area contributed by atoms with Gasteiger partial charge >= 0.3 is 0 Å². The highest BCUT2D eigenvalue weighted by molar-refractivity contribution is 7.98. The summed E-state index contributed by atoms with van der Waals surface area (Å²) in [4.78, 5) is 0. The zero-order valence-corrected chi connectivity index (χ0v) is 13.2. The van der Waals surface area contributed by atoms with Crippen molar-refractivity contribution in [1.82, 2.24) is 0 Å². The zero-order chi connectivity index (χ0) is 14.3. The van der Waals surface area contributed by atoms with Gasteiger partial charge in [0.1, 0.15) is 0 Å². The summed E-state index contributed by atoms with van der Waals surface area (Å²) in [5.74, 6) is 2.13. The van der Waals surface area contributed by atoms with Crippen molar-refractivity contribution in [2.75, 3.05) is 12.3 Å². The Balaban J connectivity index is 2.27. The van der Waals surface area contributed by atoms with Crippen LogP contribution in [0.15, 0.2) is 18.2 Å². The fourth-order valence-electron chi connectivity index (χ4n) is 2.27. The van der Waals surface area contributed by atoms with Crippen LogP contribution in [0.3, 0.4) is 0 Å². The molecule has 108 valence electrons. The molecule has 3 heteroatoms. The summed E-state index contributed by atoms with van der Waals surface area (Å²) in [6.07, 6.45) is 2.57. The Bertz CT molecular complexity index is 368. The Morgan fingerprint density at radius 2 is 1.84 bits per heavy atom. The first kappa shape index (κ1) is 16.5. The molecule has 2 nitrogen and oxygen atoms in total. The number of thioether (sulfide) groups is 1. The molecule has 1 unspecified atom stereocenters. The van der Waals surface area contributed by atoms with Gasteiger partial charge in [-0.1, -0.05) is 36.2 Å². The van der Waals surface area contributed by atoms with Gasteiger partial charge in [0.15, 0.2) is 0 Å². The third kappa shape index (κ3) is 5.98. The van der Waals surface area contributed by atoms with Crippen LogP contribution in [0.4, 0.5) is 0 Å². The molecule has 0 bridgehead atoms. The summed E-state index contributed by atoms with van der Waals surface area (Å²) in [5.41, 5.74) is 9.01. The Labute approximate surface area is 121 Å². The first-order chi connectivity index (χ1) is 8.99. The molecule has 0 aromatic heterocycles. The quantitative estimate of drug-likeness (QED) is 0.718. The van der Waals surface area contributed by atoms with E-state index in [0.29, 0.717) is 6.54 Å². The highest BCUT2D eigenvalue weighted by atomic mass is 32.2. The van der Waals surface area contributed by atoms with E-state index in [1.807, 2.05) is 18.7 Å². The van der Waals surface area contributed by atoms with Gasteiger partial charge in [-0.15, -0.1) is 0 Å². The van der Waals surface area contributed by atoms with Crippen molar-refractivity contribution in [1.29, 1.82) is 0 Å². The van der Waals surface area contributed by atoms with E-state index in [4.69, 9.17) is 5.73 Å². The average Bonchev–Trinajstić information content (AvgIpc) is 2.37. The normalized spacial score (nSPS) is 14.4. The minimum atomic E-state index is -0.652. The maximum absolute atomic E-state index is 10.1. The van der Waals surface area contributed by atoms with Gasteiger partial charge in [-0.05, 0) is 44.4 Å². The van der Waals surface area contributed by atoms with Crippen LogP contribution in [0.5, 0.6) is 0 Å². The van der Waals surface area contributed by atoms with E-state index in [9.17, 15) is 5.11 Å². The summed E-state index contributed by atoms with van der Waals surface area (Å²) >= 11 is 1.93. The van der Waals surface area contributed by atoms with Gasteiger partial charge in [0, 0.05) is 12.3 Å². The predicted molar refractivity (Wildman–Crippen MR) is 85.6 cm³/mol. The molecule has 0 fully saturated rings. The first-order valence-corrected chi connectivity index (χ1v) is 8.22. The van der Waals surface area contributed by atoms with Crippen molar-refractivity contribution in [3.8, 4) is 0 Å². The van der Waals surface area contributed by atoms with Crippen LogP contribution in [0, 0.1) is 13.8 Å². The van der Waals surface area contributed by atoms with Crippen molar-refractivity contribution >= 4 is 11.8 Å². The van der Waals surface area contributed by atoms with Crippen molar-refractivity contribution in [3.05, 3.63) is 34.9 Å². The molecule has 3 N–H and O–H groups in total. The van der Waals surface area contributed by atoms with E-state index in [1.54, 1.807) is 0 Å². The Morgan fingerprint density at radius 3 is 2.37 bits per heavy atom. The molecule has 0 heterocycles.